The average molecular weight is 264 g/mol. The van der Waals surface area contributed by atoms with Gasteiger partial charge < -0.3 is 10.5 Å². The van der Waals surface area contributed by atoms with Crippen LogP contribution in [0.3, 0.4) is 0 Å². The lowest BCUT2D eigenvalue weighted by Crippen LogP contribution is -2.31. The summed E-state index contributed by atoms with van der Waals surface area (Å²) in [5.41, 5.74) is 8.35. The van der Waals surface area contributed by atoms with Gasteiger partial charge in [-0.25, -0.2) is 0 Å². The van der Waals surface area contributed by atoms with E-state index >= 15 is 0 Å². The minimum atomic E-state index is 0.0586. The van der Waals surface area contributed by atoms with Crippen LogP contribution in [0, 0.1) is 0 Å². The Bertz CT molecular complexity index is 388. The van der Waals surface area contributed by atoms with Gasteiger partial charge in [0.1, 0.15) is 5.75 Å². The van der Waals surface area contributed by atoms with Crippen LogP contribution in [0.5, 0.6) is 5.75 Å². The first-order valence-corrected chi connectivity index (χ1v) is 7.16. The summed E-state index contributed by atoms with van der Waals surface area (Å²) in [6.07, 6.45) is 1.16. The Hall–Kier alpha value is -1.06. The summed E-state index contributed by atoms with van der Waals surface area (Å²) in [5, 5.41) is 0. The van der Waals surface area contributed by atoms with E-state index in [-0.39, 0.29) is 6.04 Å². The number of benzene rings is 1. The van der Waals surface area contributed by atoms with Crippen LogP contribution >= 0.6 is 0 Å². The van der Waals surface area contributed by atoms with Gasteiger partial charge in [0, 0.05) is 24.2 Å². The van der Waals surface area contributed by atoms with Crippen molar-refractivity contribution >= 4 is 0 Å². The molecular weight excluding hydrogens is 236 g/mol. The summed E-state index contributed by atoms with van der Waals surface area (Å²) in [6.45, 7) is 10.7. The van der Waals surface area contributed by atoms with Crippen molar-refractivity contribution in [3.8, 4) is 5.75 Å². The molecule has 0 aliphatic rings. The number of nitrogens with zero attached hydrogens (tertiary/aromatic N) is 1. The van der Waals surface area contributed by atoms with Gasteiger partial charge in [-0.15, -0.1) is 0 Å². The first kappa shape index (κ1) is 16.0. The minimum absolute atomic E-state index is 0.0586. The van der Waals surface area contributed by atoms with Crippen molar-refractivity contribution in [1.29, 1.82) is 0 Å². The van der Waals surface area contributed by atoms with Crippen molar-refractivity contribution < 1.29 is 4.74 Å². The number of methoxy groups -OCH3 is 1. The summed E-state index contributed by atoms with van der Waals surface area (Å²) >= 11 is 0. The lowest BCUT2D eigenvalue weighted by Gasteiger charge is -2.27. The molecular formula is C16H28N2O. The van der Waals surface area contributed by atoms with Crippen molar-refractivity contribution in [2.24, 2.45) is 5.73 Å². The van der Waals surface area contributed by atoms with Crippen LogP contribution in [0.2, 0.25) is 0 Å². The van der Waals surface area contributed by atoms with Crippen LogP contribution in [-0.4, -0.2) is 24.6 Å². The van der Waals surface area contributed by atoms with Gasteiger partial charge in [0.05, 0.1) is 7.11 Å². The van der Waals surface area contributed by atoms with Gasteiger partial charge in [-0.2, -0.15) is 0 Å². The fourth-order valence-electron chi connectivity index (χ4n) is 2.23. The van der Waals surface area contributed by atoms with E-state index in [2.05, 4.69) is 31.7 Å². The van der Waals surface area contributed by atoms with Crippen LogP contribution in [-0.2, 0) is 6.54 Å². The Kier molecular flexibility index (Phi) is 6.32. The quantitative estimate of drug-likeness (QED) is 0.821. The Morgan fingerprint density at radius 2 is 1.95 bits per heavy atom. The summed E-state index contributed by atoms with van der Waals surface area (Å²) in [6, 6.07) is 6.84. The smallest absolute Gasteiger partial charge is 0.123 e. The highest BCUT2D eigenvalue weighted by molar-refractivity contribution is 5.38. The van der Waals surface area contributed by atoms with Gasteiger partial charge in [0.15, 0.2) is 0 Å². The first-order valence-electron chi connectivity index (χ1n) is 7.16. The molecule has 1 aromatic rings. The van der Waals surface area contributed by atoms with Gasteiger partial charge in [0.2, 0.25) is 0 Å². The molecule has 0 fully saturated rings. The van der Waals surface area contributed by atoms with Crippen molar-refractivity contribution in [1.82, 2.24) is 4.90 Å². The molecule has 0 amide bonds. The maximum atomic E-state index is 5.97. The van der Waals surface area contributed by atoms with E-state index in [9.17, 15) is 0 Å². The zero-order chi connectivity index (χ0) is 14.4. The first-order chi connectivity index (χ1) is 8.99. The molecule has 0 saturated carbocycles. The fraction of sp³-hybridized carbons (Fsp3) is 0.625. The van der Waals surface area contributed by atoms with Crippen LogP contribution < -0.4 is 10.5 Å². The maximum absolute atomic E-state index is 5.97. The molecule has 19 heavy (non-hydrogen) atoms. The molecule has 108 valence electrons. The molecule has 0 aliphatic heterocycles. The molecule has 0 radical (unpaired) electrons. The summed E-state index contributed by atoms with van der Waals surface area (Å²) in [4.78, 5) is 2.46. The largest absolute Gasteiger partial charge is 0.496 e. The van der Waals surface area contributed by atoms with E-state index in [0.29, 0.717) is 6.04 Å². The Labute approximate surface area is 117 Å². The standard InChI is InChI=1S/C16H28N2O/c1-6-9-18(12(2)3)11-15-10-14(13(4)17)7-8-16(15)19-5/h7-8,10,12-13H,6,9,11,17H2,1-5H3. The molecule has 0 aromatic heterocycles. The molecule has 0 aliphatic carbocycles. The zero-order valence-corrected chi connectivity index (χ0v) is 12.9. The second-order valence-corrected chi connectivity index (χ2v) is 5.42. The fourth-order valence-corrected chi connectivity index (χ4v) is 2.23. The zero-order valence-electron chi connectivity index (χ0n) is 12.9. The van der Waals surface area contributed by atoms with Crippen LogP contribution in [0.25, 0.3) is 0 Å². The molecule has 1 atom stereocenters. The number of ether oxygens (including phenoxy) is 1. The molecule has 0 saturated heterocycles. The third-order valence-corrected chi connectivity index (χ3v) is 3.44. The number of hydrogen-bond acceptors (Lipinski definition) is 3. The van der Waals surface area contributed by atoms with Crippen molar-refractivity contribution in [3.63, 3.8) is 0 Å². The summed E-state index contributed by atoms with van der Waals surface area (Å²) < 4.78 is 5.47. The van der Waals surface area contributed by atoms with Crippen LogP contribution in [0.1, 0.15) is 51.3 Å². The van der Waals surface area contributed by atoms with Crippen molar-refractivity contribution in [3.05, 3.63) is 29.3 Å². The summed E-state index contributed by atoms with van der Waals surface area (Å²) in [5.74, 6) is 0.950. The molecule has 0 spiro atoms. The second kappa shape index (κ2) is 7.51. The van der Waals surface area contributed by atoms with E-state index in [1.54, 1.807) is 7.11 Å². The molecule has 0 bridgehead atoms. The van der Waals surface area contributed by atoms with E-state index in [1.807, 2.05) is 19.1 Å². The van der Waals surface area contributed by atoms with E-state index < -0.39 is 0 Å². The van der Waals surface area contributed by atoms with E-state index in [1.165, 1.54) is 5.56 Å². The molecule has 2 N–H and O–H groups in total. The monoisotopic (exact) mass is 264 g/mol. The highest BCUT2D eigenvalue weighted by atomic mass is 16.5. The molecule has 0 heterocycles. The van der Waals surface area contributed by atoms with Gasteiger partial charge in [-0.3, -0.25) is 4.90 Å². The molecule has 3 nitrogen and oxygen atoms in total. The molecule has 3 heteroatoms. The Balaban J connectivity index is 2.98. The second-order valence-electron chi connectivity index (χ2n) is 5.42. The average Bonchev–Trinajstić information content (AvgIpc) is 2.37. The highest BCUT2D eigenvalue weighted by Gasteiger charge is 2.13. The lowest BCUT2D eigenvalue weighted by molar-refractivity contribution is 0.210. The number of rotatable bonds is 7. The van der Waals surface area contributed by atoms with E-state index in [0.717, 1.165) is 30.8 Å². The van der Waals surface area contributed by atoms with Crippen molar-refractivity contribution in [2.45, 2.75) is 52.7 Å². The third-order valence-electron chi connectivity index (χ3n) is 3.44. The predicted molar refractivity (Wildman–Crippen MR) is 81.4 cm³/mol. The van der Waals surface area contributed by atoms with Gasteiger partial charge >= 0.3 is 0 Å². The SMILES string of the molecule is CCCN(Cc1cc(C(C)N)ccc1OC)C(C)C. The van der Waals surface area contributed by atoms with Crippen LogP contribution in [0.4, 0.5) is 0 Å². The normalized spacial score (nSPS) is 13.1. The molecule has 1 unspecified atom stereocenters. The van der Waals surface area contributed by atoms with Crippen molar-refractivity contribution in [2.75, 3.05) is 13.7 Å². The summed E-state index contributed by atoms with van der Waals surface area (Å²) in [7, 11) is 1.73. The molecule has 1 aromatic carbocycles. The predicted octanol–water partition coefficient (Wildman–Crippen LogP) is 3.34. The van der Waals surface area contributed by atoms with Gasteiger partial charge in [-0.1, -0.05) is 13.0 Å². The maximum Gasteiger partial charge on any atom is 0.123 e. The Morgan fingerprint density at radius 1 is 1.26 bits per heavy atom. The molecule has 1 rings (SSSR count). The van der Waals surface area contributed by atoms with E-state index in [4.69, 9.17) is 10.5 Å². The lowest BCUT2D eigenvalue weighted by atomic mass is 10.0. The third kappa shape index (κ3) is 4.51. The van der Waals surface area contributed by atoms with Crippen LogP contribution in [0.15, 0.2) is 18.2 Å². The highest BCUT2D eigenvalue weighted by Crippen LogP contribution is 2.24. The number of nitrogens with two attached hydrogens (primary N) is 1. The van der Waals surface area contributed by atoms with Gasteiger partial charge in [-0.05, 0) is 51.4 Å². The number of hydrogen-bond donors (Lipinski definition) is 1. The van der Waals surface area contributed by atoms with Gasteiger partial charge in [0.25, 0.3) is 0 Å². The topological polar surface area (TPSA) is 38.5 Å². The minimum Gasteiger partial charge on any atom is -0.496 e. The Morgan fingerprint density at radius 3 is 2.42 bits per heavy atom.